The van der Waals surface area contributed by atoms with Crippen LogP contribution in [0.1, 0.15) is 6.42 Å². The van der Waals surface area contributed by atoms with Gasteiger partial charge in [0.2, 0.25) is 5.91 Å². The van der Waals surface area contributed by atoms with E-state index in [0.29, 0.717) is 5.82 Å². The van der Waals surface area contributed by atoms with Crippen molar-refractivity contribution in [1.82, 2.24) is 19.9 Å². The molecule has 8 heteroatoms. The summed E-state index contributed by atoms with van der Waals surface area (Å²) in [5.74, 6) is 0.325. The second-order valence-corrected chi connectivity index (χ2v) is 5.55. The van der Waals surface area contributed by atoms with Gasteiger partial charge >= 0.3 is 0 Å². The molecule has 126 valence electrons. The summed E-state index contributed by atoms with van der Waals surface area (Å²) < 4.78 is 1.40. The van der Waals surface area contributed by atoms with Gasteiger partial charge in [0.05, 0.1) is 18.2 Å². The lowest BCUT2D eigenvalue weighted by Gasteiger charge is -2.29. The number of nitrogens with zero attached hydrogens (tertiary/aromatic N) is 4. The Morgan fingerprint density at radius 1 is 1.25 bits per heavy atom. The number of hydrogen-bond donors (Lipinski definition) is 2. The molecule has 1 fully saturated rings. The van der Waals surface area contributed by atoms with Crippen molar-refractivity contribution in [2.45, 2.75) is 13.0 Å². The highest BCUT2D eigenvalue weighted by molar-refractivity contribution is 5.89. The first-order valence-corrected chi connectivity index (χ1v) is 7.94. The molecule has 2 aromatic rings. The fourth-order valence-corrected chi connectivity index (χ4v) is 2.54. The molecule has 3 rings (SSSR count). The van der Waals surface area contributed by atoms with E-state index in [2.05, 4.69) is 25.5 Å². The molecule has 0 spiro atoms. The number of hydrogen-bond acceptors (Lipinski definition) is 6. The Morgan fingerprint density at radius 3 is 2.79 bits per heavy atom. The Kier molecular flexibility index (Phi) is 5.17. The predicted molar refractivity (Wildman–Crippen MR) is 91.1 cm³/mol. The number of carbonyl (C=O) groups excluding carboxylic acids is 1. The highest BCUT2D eigenvalue weighted by Gasteiger charge is 2.11. The maximum atomic E-state index is 12.0. The quantitative estimate of drug-likeness (QED) is 0.807. The van der Waals surface area contributed by atoms with Crippen LogP contribution in [0.25, 0.3) is 0 Å². The van der Waals surface area contributed by atoms with Crippen LogP contribution in [0.3, 0.4) is 0 Å². The summed E-state index contributed by atoms with van der Waals surface area (Å²) in [6.45, 7) is 4.12. The highest BCUT2D eigenvalue weighted by atomic mass is 16.2. The van der Waals surface area contributed by atoms with Crippen molar-refractivity contribution in [3.8, 4) is 0 Å². The monoisotopic (exact) mass is 328 g/mol. The van der Waals surface area contributed by atoms with E-state index < -0.39 is 0 Å². The molecule has 2 aromatic heterocycles. The number of piperazine rings is 1. The molecule has 8 nitrogen and oxygen atoms in total. The van der Waals surface area contributed by atoms with Crippen LogP contribution in [0.15, 0.2) is 41.7 Å². The fraction of sp³-hybridized carbons (Fsp3) is 0.375. The topological polar surface area (TPSA) is 92.2 Å². The summed E-state index contributed by atoms with van der Waals surface area (Å²) in [5.41, 5.74) is 0.882. The average Bonchev–Trinajstić information content (AvgIpc) is 2.62. The highest BCUT2D eigenvalue weighted by Crippen LogP contribution is 2.15. The van der Waals surface area contributed by atoms with Crippen LogP contribution in [-0.2, 0) is 11.3 Å². The van der Waals surface area contributed by atoms with Crippen molar-refractivity contribution in [1.29, 1.82) is 0 Å². The summed E-state index contributed by atoms with van der Waals surface area (Å²) in [5, 5.41) is 6.05. The van der Waals surface area contributed by atoms with E-state index in [1.165, 1.54) is 23.2 Å². The Hall–Kier alpha value is -2.74. The van der Waals surface area contributed by atoms with Crippen molar-refractivity contribution >= 4 is 17.4 Å². The number of anilines is 2. The molecule has 0 unspecified atom stereocenters. The number of pyridine rings is 1. The van der Waals surface area contributed by atoms with E-state index in [9.17, 15) is 9.59 Å². The van der Waals surface area contributed by atoms with Crippen molar-refractivity contribution in [3.63, 3.8) is 0 Å². The number of rotatable bonds is 5. The zero-order chi connectivity index (χ0) is 16.8. The number of nitrogens with one attached hydrogen (secondary N) is 2. The molecule has 0 bridgehead atoms. The summed E-state index contributed by atoms with van der Waals surface area (Å²) in [4.78, 5) is 33.9. The number of carbonyl (C=O) groups is 1. The molecule has 0 saturated carbocycles. The van der Waals surface area contributed by atoms with E-state index in [-0.39, 0.29) is 24.4 Å². The molecule has 1 amide bonds. The van der Waals surface area contributed by atoms with Crippen molar-refractivity contribution < 1.29 is 4.79 Å². The standard InChI is InChI=1S/C16H20N6O2/c23-15(4-8-22-12-18-5-3-16(22)24)20-14-2-1-13(11-19-14)21-9-6-17-7-10-21/h1-3,5,11-12,17H,4,6-10H2,(H,19,20,23). The normalized spacial score (nSPS) is 14.4. The van der Waals surface area contributed by atoms with Crippen LogP contribution in [0.4, 0.5) is 11.5 Å². The van der Waals surface area contributed by atoms with Crippen LogP contribution in [0, 0.1) is 0 Å². The summed E-state index contributed by atoms with van der Waals surface area (Å²) in [6.07, 6.45) is 4.82. The molecule has 0 aliphatic carbocycles. The second kappa shape index (κ2) is 7.69. The molecular weight excluding hydrogens is 308 g/mol. The first-order chi connectivity index (χ1) is 11.7. The van der Waals surface area contributed by atoms with Gasteiger partial charge in [-0.3, -0.25) is 14.2 Å². The maximum Gasteiger partial charge on any atom is 0.253 e. The van der Waals surface area contributed by atoms with Gasteiger partial charge in [-0.1, -0.05) is 0 Å². The van der Waals surface area contributed by atoms with Crippen LogP contribution in [-0.4, -0.2) is 46.6 Å². The number of aromatic nitrogens is 3. The molecule has 1 aliphatic rings. The van der Waals surface area contributed by atoms with E-state index in [0.717, 1.165) is 31.9 Å². The zero-order valence-corrected chi connectivity index (χ0v) is 13.3. The van der Waals surface area contributed by atoms with Gasteiger partial charge in [-0.05, 0) is 12.1 Å². The Morgan fingerprint density at radius 2 is 2.08 bits per heavy atom. The summed E-state index contributed by atoms with van der Waals surface area (Å²) in [6, 6.07) is 5.12. The smallest absolute Gasteiger partial charge is 0.253 e. The molecule has 0 atom stereocenters. The molecule has 3 heterocycles. The van der Waals surface area contributed by atoms with E-state index in [4.69, 9.17) is 0 Å². The van der Waals surface area contributed by atoms with Crippen LogP contribution >= 0.6 is 0 Å². The first-order valence-electron chi connectivity index (χ1n) is 7.94. The number of aryl methyl sites for hydroxylation is 1. The molecule has 2 N–H and O–H groups in total. The molecule has 1 aliphatic heterocycles. The fourth-order valence-electron chi connectivity index (χ4n) is 2.54. The van der Waals surface area contributed by atoms with Gasteiger partial charge in [0.15, 0.2) is 0 Å². The summed E-state index contributed by atoms with van der Waals surface area (Å²) >= 11 is 0. The van der Waals surface area contributed by atoms with Gasteiger partial charge in [-0.2, -0.15) is 0 Å². The maximum absolute atomic E-state index is 12.0. The Labute approximate surface area is 139 Å². The van der Waals surface area contributed by atoms with Crippen molar-refractivity contribution in [2.75, 3.05) is 36.4 Å². The Balaban J connectivity index is 1.52. The van der Waals surface area contributed by atoms with Gasteiger partial charge in [0.25, 0.3) is 5.56 Å². The third-order valence-electron chi connectivity index (χ3n) is 3.87. The molecule has 1 saturated heterocycles. The SMILES string of the molecule is O=C(CCn1cnccc1=O)Nc1ccc(N2CCNCC2)cn1. The Bertz CT molecular complexity index is 737. The van der Waals surface area contributed by atoms with Crippen molar-refractivity contribution in [2.24, 2.45) is 0 Å². The third kappa shape index (κ3) is 4.17. The lowest BCUT2D eigenvalue weighted by molar-refractivity contribution is -0.116. The zero-order valence-electron chi connectivity index (χ0n) is 13.3. The van der Waals surface area contributed by atoms with Crippen molar-refractivity contribution in [3.05, 3.63) is 47.3 Å². The minimum absolute atomic E-state index is 0.170. The van der Waals surface area contributed by atoms with Gasteiger partial charge in [0, 0.05) is 51.4 Å². The lowest BCUT2D eigenvalue weighted by atomic mass is 10.3. The van der Waals surface area contributed by atoms with E-state index in [1.54, 1.807) is 12.3 Å². The number of amides is 1. The van der Waals surface area contributed by atoms with Crippen LogP contribution in [0.5, 0.6) is 0 Å². The van der Waals surface area contributed by atoms with Gasteiger partial charge < -0.3 is 15.5 Å². The molecule has 0 aromatic carbocycles. The predicted octanol–water partition coefficient (Wildman–Crippen LogP) is 0.0767. The first kappa shape index (κ1) is 16.1. The molecule has 24 heavy (non-hydrogen) atoms. The lowest BCUT2D eigenvalue weighted by Crippen LogP contribution is -2.43. The van der Waals surface area contributed by atoms with Gasteiger partial charge in [-0.15, -0.1) is 0 Å². The molecular formula is C16H20N6O2. The average molecular weight is 328 g/mol. The summed E-state index contributed by atoms with van der Waals surface area (Å²) in [7, 11) is 0. The minimum Gasteiger partial charge on any atom is -0.368 e. The van der Waals surface area contributed by atoms with Gasteiger partial charge in [-0.25, -0.2) is 9.97 Å². The second-order valence-electron chi connectivity index (χ2n) is 5.55. The van der Waals surface area contributed by atoms with Gasteiger partial charge in [0.1, 0.15) is 5.82 Å². The van der Waals surface area contributed by atoms with E-state index in [1.807, 2.05) is 6.07 Å². The third-order valence-corrected chi connectivity index (χ3v) is 3.87. The van der Waals surface area contributed by atoms with Crippen LogP contribution < -0.4 is 21.1 Å². The van der Waals surface area contributed by atoms with Crippen LogP contribution in [0.2, 0.25) is 0 Å². The molecule has 0 radical (unpaired) electrons. The largest absolute Gasteiger partial charge is 0.368 e. The minimum atomic E-state index is -0.187. The van der Waals surface area contributed by atoms with E-state index >= 15 is 0 Å².